The minimum Gasteiger partial charge on any atom is -0.493 e. The Labute approximate surface area is 112 Å². The summed E-state index contributed by atoms with van der Waals surface area (Å²) in [6, 6.07) is 4.01. The second-order valence-corrected chi connectivity index (χ2v) is 4.20. The number of hydrogen-bond donors (Lipinski definition) is 1. The fourth-order valence-electron chi connectivity index (χ4n) is 1.99. The summed E-state index contributed by atoms with van der Waals surface area (Å²) in [5.74, 6) is -0.948. The van der Waals surface area contributed by atoms with Crippen molar-refractivity contribution in [1.82, 2.24) is 4.57 Å². The molecule has 0 amide bonds. The molecule has 1 aromatic carbocycles. The largest absolute Gasteiger partial charge is 0.493 e. The highest BCUT2D eigenvalue weighted by Gasteiger charge is 2.28. The normalized spacial score (nSPS) is 11.8. The zero-order valence-electron chi connectivity index (χ0n) is 10.6. The Hall–Kier alpha value is -2.18. The van der Waals surface area contributed by atoms with Crippen LogP contribution < -0.4 is 4.74 Å². The standard InChI is InChI=1S/C13H12F3NO3/c1-2-20-11-6-8(12(18)19)5-10-9(11)3-4-17(10)7-13(14,15)16/h3-6H,2,7H2,1H3,(H,18,19). The molecule has 7 heteroatoms. The van der Waals surface area contributed by atoms with Crippen LogP contribution in [0.3, 0.4) is 0 Å². The lowest BCUT2D eigenvalue weighted by Gasteiger charge is -2.11. The van der Waals surface area contributed by atoms with Gasteiger partial charge in [-0.05, 0) is 25.1 Å². The predicted octanol–water partition coefficient (Wildman–Crippen LogP) is 3.30. The molecular formula is C13H12F3NO3. The maximum Gasteiger partial charge on any atom is 0.406 e. The van der Waals surface area contributed by atoms with Crippen LogP contribution in [0, 0.1) is 0 Å². The molecule has 0 atom stereocenters. The van der Waals surface area contributed by atoms with Crippen LogP contribution in [0.4, 0.5) is 13.2 Å². The second kappa shape index (κ2) is 5.07. The Morgan fingerprint density at radius 1 is 1.40 bits per heavy atom. The molecule has 0 fully saturated rings. The maximum atomic E-state index is 12.5. The van der Waals surface area contributed by atoms with Crippen molar-refractivity contribution in [2.75, 3.05) is 6.61 Å². The van der Waals surface area contributed by atoms with E-state index in [4.69, 9.17) is 9.84 Å². The second-order valence-electron chi connectivity index (χ2n) is 4.20. The SMILES string of the molecule is CCOc1cc(C(=O)O)cc2c1ccn2CC(F)(F)F. The first-order chi connectivity index (χ1) is 9.31. The molecule has 20 heavy (non-hydrogen) atoms. The molecule has 1 heterocycles. The Bertz CT molecular complexity index is 646. The summed E-state index contributed by atoms with van der Waals surface area (Å²) in [6.07, 6.45) is -3.11. The van der Waals surface area contributed by atoms with E-state index >= 15 is 0 Å². The zero-order chi connectivity index (χ0) is 14.9. The Kier molecular flexibility index (Phi) is 3.61. The summed E-state index contributed by atoms with van der Waals surface area (Å²) >= 11 is 0. The number of hydrogen-bond acceptors (Lipinski definition) is 2. The van der Waals surface area contributed by atoms with E-state index < -0.39 is 18.7 Å². The summed E-state index contributed by atoms with van der Waals surface area (Å²) in [4.78, 5) is 11.0. The van der Waals surface area contributed by atoms with Crippen LogP contribution in [-0.2, 0) is 6.54 Å². The van der Waals surface area contributed by atoms with E-state index in [1.807, 2.05) is 0 Å². The van der Waals surface area contributed by atoms with Crippen LogP contribution >= 0.6 is 0 Å². The number of halogens is 3. The number of aromatic nitrogens is 1. The molecule has 0 saturated heterocycles. The van der Waals surface area contributed by atoms with Crippen molar-refractivity contribution in [3.63, 3.8) is 0 Å². The number of alkyl halides is 3. The summed E-state index contributed by atoms with van der Waals surface area (Å²) < 4.78 is 43.7. The van der Waals surface area contributed by atoms with Crippen molar-refractivity contribution in [3.8, 4) is 5.75 Å². The Morgan fingerprint density at radius 3 is 2.65 bits per heavy atom. The van der Waals surface area contributed by atoms with Crippen molar-refractivity contribution in [3.05, 3.63) is 30.0 Å². The van der Waals surface area contributed by atoms with E-state index in [1.165, 1.54) is 24.4 Å². The molecule has 2 aromatic rings. The third kappa shape index (κ3) is 2.87. The van der Waals surface area contributed by atoms with Crippen LogP contribution in [0.15, 0.2) is 24.4 Å². The van der Waals surface area contributed by atoms with Gasteiger partial charge in [0.05, 0.1) is 17.7 Å². The third-order valence-electron chi connectivity index (χ3n) is 2.75. The first-order valence-corrected chi connectivity index (χ1v) is 5.87. The van der Waals surface area contributed by atoms with E-state index in [1.54, 1.807) is 6.92 Å². The van der Waals surface area contributed by atoms with Crippen molar-refractivity contribution < 1.29 is 27.8 Å². The quantitative estimate of drug-likeness (QED) is 0.938. The van der Waals surface area contributed by atoms with E-state index in [0.29, 0.717) is 12.0 Å². The number of carboxylic acid groups (broad SMARTS) is 1. The summed E-state index contributed by atoms with van der Waals surface area (Å²) in [5, 5.41) is 9.47. The van der Waals surface area contributed by atoms with Crippen LogP contribution in [0.2, 0.25) is 0 Å². The minimum atomic E-state index is -4.38. The molecule has 0 aliphatic rings. The monoisotopic (exact) mass is 287 g/mol. The third-order valence-corrected chi connectivity index (χ3v) is 2.75. The van der Waals surface area contributed by atoms with E-state index in [2.05, 4.69) is 0 Å². The molecule has 4 nitrogen and oxygen atoms in total. The molecule has 108 valence electrons. The molecule has 0 bridgehead atoms. The summed E-state index contributed by atoms with van der Waals surface area (Å²) in [6.45, 7) is 0.833. The van der Waals surface area contributed by atoms with Gasteiger partial charge >= 0.3 is 12.1 Å². The Morgan fingerprint density at radius 2 is 2.10 bits per heavy atom. The molecule has 2 rings (SSSR count). The average Bonchev–Trinajstić information content (AvgIpc) is 2.71. The van der Waals surface area contributed by atoms with Gasteiger partial charge < -0.3 is 14.4 Å². The number of rotatable bonds is 4. The van der Waals surface area contributed by atoms with Gasteiger partial charge in [-0.3, -0.25) is 0 Å². The fourth-order valence-corrected chi connectivity index (χ4v) is 1.99. The first kappa shape index (κ1) is 14.2. The number of carbonyl (C=O) groups is 1. The first-order valence-electron chi connectivity index (χ1n) is 5.87. The summed E-state index contributed by atoms with van der Waals surface area (Å²) in [5.41, 5.74) is 0.0775. The van der Waals surface area contributed by atoms with Crippen molar-refractivity contribution in [2.24, 2.45) is 0 Å². The molecule has 1 aromatic heterocycles. The average molecular weight is 287 g/mol. The number of carboxylic acids is 1. The van der Waals surface area contributed by atoms with Gasteiger partial charge in [-0.2, -0.15) is 13.2 Å². The number of fused-ring (bicyclic) bond motifs is 1. The molecule has 1 N–H and O–H groups in total. The van der Waals surface area contributed by atoms with Crippen molar-refractivity contribution in [1.29, 1.82) is 0 Å². The molecular weight excluding hydrogens is 275 g/mol. The van der Waals surface area contributed by atoms with Gasteiger partial charge in [0.25, 0.3) is 0 Å². The van der Waals surface area contributed by atoms with E-state index in [0.717, 1.165) is 4.57 Å². The molecule has 0 saturated carbocycles. The van der Waals surface area contributed by atoms with Crippen LogP contribution in [0.25, 0.3) is 10.9 Å². The van der Waals surface area contributed by atoms with Gasteiger partial charge in [0.1, 0.15) is 12.3 Å². The molecule has 0 spiro atoms. The highest BCUT2D eigenvalue weighted by atomic mass is 19.4. The van der Waals surface area contributed by atoms with Crippen LogP contribution in [0.5, 0.6) is 5.75 Å². The van der Waals surface area contributed by atoms with Crippen molar-refractivity contribution >= 4 is 16.9 Å². The van der Waals surface area contributed by atoms with E-state index in [-0.39, 0.29) is 16.8 Å². The Balaban J connectivity index is 2.60. The molecule has 0 unspecified atom stereocenters. The number of nitrogens with zero attached hydrogens (tertiary/aromatic N) is 1. The van der Waals surface area contributed by atoms with Gasteiger partial charge in [-0.25, -0.2) is 4.79 Å². The van der Waals surface area contributed by atoms with Crippen molar-refractivity contribution in [2.45, 2.75) is 19.6 Å². The lowest BCUT2D eigenvalue weighted by molar-refractivity contribution is -0.139. The van der Waals surface area contributed by atoms with Gasteiger partial charge in [0.2, 0.25) is 0 Å². The lowest BCUT2D eigenvalue weighted by atomic mass is 10.1. The lowest BCUT2D eigenvalue weighted by Crippen LogP contribution is -2.17. The topological polar surface area (TPSA) is 51.5 Å². The minimum absolute atomic E-state index is 0.108. The molecule has 0 aliphatic heterocycles. The molecule has 0 radical (unpaired) electrons. The predicted molar refractivity (Wildman–Crippen MR) is 66.1 cm³/mol. The summed E-state index contributed by atoms with van der Waals surface area (Å²) in [7, 11) is 0. The van der Waals surface area contributed by atoms with E-state index in [9.17, 15) is 18.0 Å². The smallest absolute Gasteiger partial charge is 0.406 e. The highest BCUT2D eigenvalue weighted by molar-refractivity contribution is 5.96. The highest BCUT2D eigenvalue weighted by Crippen LogP contribution is 2.30. The van der Waals surface area contributed by atoms with Gasteiger partial charge in [0, 0.05) is 11.6 Å². The van der Waals surface area contributed by atoms with Gasteiger partial charge in [-0.15, -0.1) is 0 Å². The number of aromatic carboxylic acids is 1. The molecule has 0 aliphatic carbocycles. The number of ether oxygens (including phenoxy) is 1. The fraction of sp³-hybridized carbons (Fsp3) is 0.308. The van der Waals surface area contributed by atoms with Gasteiger partial charge in [0.15, 0.2) is 0 Å². The number of benzene rings is 1. The zero-order valence-corrected chi connectivity index (χ0v) is 10.6. The van der Waals surface area contributed by atoms with Crippen LogP contribution in [0.1, 0.15) is 17.3 Å². The van der Waals surface area contributed by atoms with Crippen LogP contribution in [-0.4, -0.2) is 28.4 Å². The maximum absolute atomic E-state index is 12.5. The van der Waals surface area contributed by atoms with Gasteiger partial charge in [-0.1, -0.05) is 0 Å².